The van der Waals surface area contributed by atoms with Crippen LogP contribution in [0.25, 0.3) is 10.2 Å². The fraction of sp³-hybridized carbons (Fsp3) is 0.450. The quantitative estimate of drug-likeness (QED) is 0.415. The number of nitrogens with one attached hydrogen (secondary N) is 1. The number of rotatable bonds is 4. The van der Waals surface area contributed by atoms with Crippen molar-refractivity contribution in [2.24, 2.45) is 5.92 Å². The lowest BCUT2D eigenvalue weighted by Crippen LogP contribution is -2.38. The molecule has 1 amide bonds. The highest BCUT2D eigenvalue weighted by Crippen LogP contribution is 2.29. The number of aromatic nitrogens is 1. The van der Waals surface area contributed by atoms with Crippen molar-refractivity contribution in [2.45, 2.75) is 52.0 Å². The minimum atomic E-state index is -0.216. The van der Waals surface area contributed by atoms with Crippen molar-refractivity contribution in [3.05, 3.63) is 33.8 Å². The molecule has 0 bridgehead atoms. The summed E-state index contributed by atoms with van der Waals surface area (Å²) < 4.78 is 1.73. The summed E-state index contributed by atoms with van der Waals surface area (Å²) in [7, 11) is 0. The Bertz CT molecular complexity index is 926. The smallest absolute Gasteiger partial charge is 0.268 e. The van der Waals surface area contributed by atoms with Gasteiger partial charge in [-0.25, -0.2) is 0 Å². The van der Waals surface area contributed by atoms with E-state index in [1.807, 2.05) is 38.1 Å². The van der Waals surface area contributed by atoms with Gasteiger partial charge in [-0.1, -0.05) is 25.3 Å². The second-order valence-electron chi connectivity index (χ2n) is 7.05. The molecule has 2 aromatic rings. The summed E-state index contributed by atoms with van der Waals surface area (Å²) in [5, 5.41) is 9.60. The lowest BCUT2D eigenvalue weighted by Gasteiger charge is -2.27. The van der Waals surface area contributed by atoms with Crippen molar-refractivity contribution >= 4 is 45.4 Å². The molecule has 0 saturated heterocycles. The number of anilines is 1. The minimum Gasteiger partial charge on any atom is -0.337 e. The molecule has 0 atom stereocenters. The molecule has 0 radical (unpaired) electrons. The zero-order valence-electron chi connectivity index (χ0n) is 15.1. The van der Waals surface area contributed by atoms with Gasteiger partial charge in [-0.15, -0.1) is 11.3 Å². The van der Waals surface area contributed by atoms with Gasteiger partial charge in [0.2, 0.25) is 0 Å². The van der Waals surface area contributed by atoms with Crippen molar-refractivity contribution in [1.82, 2.24) is 4.98 Å². The highest BCUT2D eigenvalue weighted by Gasteiger charge is 2.24. The van der Waals surface area contributed by atoms with E-state index in [2.05, 4.69) is 11.1 Å². The number of H-pyrrole nitrogens is 1. The number of hydrogen-bond acceptors (Lipinski definition) is 4. The van der Waals surface area contributed by atoms with Crippen LogP contribution in [0.2, 0.25) is 0 Å². The van der Waals surface area contributed by atoms with Crippen molar-refractivity contribution in [3.63, 3.8) is 0 Å². The number of carbonyl (C=O) groups excluding carboxylic acids is 1. The molecule has 1 aliphatic rings. The summed E-state index contributed by atoms with van der Waals surface area (Å²) in [6, 6.07) is 7.92. The van der Waals surface area contributed by atoms with Crippen LogP contribution in [0.1, 0.15) is 46.0 Å². The van der Waals surface area contributed by atoms with E-state index in [0.717, 1.165) is 32.7 Å². The third kappa shape index (κ3) is 4.05. The van der Waals surface area contributed by atoms with Crippen LogP contribution >= 0.6 is 23.6 Å². The maximum absolute atomic E-state index is 13.1. The summed E-state index contributed by atoms with van der Waals surface area (Å²) in [5.41, 5.74) is 2.03. The van der Waals surface area contributed by atoms with Gasteiger partial charge in [-0.05, 0) is 63.0 Å². The highest BCUT2D eigenvalue weighted by atomic mass is 32.1. The molecule has 3 rings (SSSR count). The molecule has 136 valence electrons. The van der Waals surface area contributed by atoms with E-state index >= 15 is 0 Å². The average molecular weight is 386 g/mol. The molecular weight excluding hydrogens is 362 g/mol. The molecule has 4 nitrogen and oxygen atoms in total. The Hall–Kier alpha value is -1.97. The third-order valence-electron chi connectivity index (χ3n) is 4.82. The van der Waals surface area contributed by atoms with Crippen LogP contribution in [0.3, 0.4) is 0 Å². The molecule has 1 aromatic heterocycles. The number of allylic oxidation sites excluding steroid dienone is 1. The standard InChI is InChI=1S/C20H23N3OS2/c1-13(2)23(16-8-9-17-18(11-16)26-20(25)22-17)19(24)15(12-21)10-14-6-4-3-5-7-14/h8-11,13-14H,3-7H2,1-2H3,(H,22,25)/b15-10-. The average Bonchev–Trinajstić information content (AvgIpc) is 2.99. The van der Waals surface area contributed by atoms with Crippen LogP contribution in [0.4, 0.5) is 5.69 Å². The van der Waals surface area contributed by atoms with E-state index in [-0.39, 0.29) is 17.5 Å². The van der Waals surface area contributed by atoms with Gasteiger partial charge in [-0.2, -0.15) is 5.26 Å². The van der Waals surface area contributed by atoms with Crippen LogP contribution in [0.5, 0.6) is 0 Å². The fourth-order valence-corrected chi connectivity index (χ4v) is 4.71. The Kier molecular flexibility index (Phi) is 5.90. The number of aromatic amines is 1. The van der Waals surface area contributed by atoms with E-state index < -0.39 is 0 Å². The van der Waals surface area contributed by atoms with E-state index in [0.29, 0.717) is 5.92 Å². The monoisotopic (exact) mass is 385 g/mol. The molecule has 1 aromatic carbocycles. The molecule has 1 fully saturated rings. The Morgan fingerprint density at radius 3 is 2.77 bits per heavy atom. The van der Waals surface area contributed by atoms with E-state index in [1.54, 1.807) is 4.90 Å². The summed E-state index contributed by atoms with van der Waals surface area (Å²) in [4.78, 5) is 18.0. The van der Waals surface area contributed by atoms with Crippen molar-refractivity contribution in [2.75, 3.05) is 4.90 Å². The summed E-state index contributed by atoms with van der Waals surface area (Å²) >= 11 is 6.70. The molecule has 1 aliphatic carbocycles. The lowest BCUT2D eigenvalue weighted by atomic mass is 9.88. The molecular formula is C20H23N3OS2. The Balaban J connectivity index is 1.94. The number of thiazole rings is 1. The predicted octanol–water partition coefficient (Wildman–Crippen LogP) is 5.73. The number of amides is 1. The van der Waals surface area contributed by atoms with Gasteiger partial charge in [0.1, 0.15) is 11.6 Å². The van der Waals surface area contributed by atoms with Crippen LogP contribution < -0.4 is 4.90 Å². The normalized spacial score (nSPS) is 16.0. The number of nitriles is 1. The van der Waals surface area contributed by atoms with E-state index in [9.17, 15) is 10.1 Å². The first kappa shape index (κ1) is 18.8. The summed E-state index contributed by atoms with van der Waals surface area (Å²) in [6.45, 7) is 3.94. The predicted molar refractivity (Wildman–Crippen MR) is 110 cm³/mol. The number of hydrogen-bond donors (Lipinski definition) is 1. The van der Waals surface area contributed by atoms with Crippen LogP contribution in [0.15, 0.2) is 29.8 Å². The van der Waals surface area contributed by atoms with Gasteiger partial charge in [0.25, 0.3) is 5.91 Å². The van der Waals surface area contributed by atoms with Gasteiger partial charge in [-0.3, -0.25) is 4.79 Å². The van der Waals surface area contributed by atoms with E-state index in [1.165, 1.54) is 30.6 Å². The van der Waals surface area contributed by atoms with Crippen molar-refractivity contribution < 1.29 is 4.79 Å². The molecule has 0 unspecified atom stereocenters. The van der Waals surface area contributed by atoms with Gasteiger partial charge in [0, 0.05) is 11.7 Å². The third-order valence-corrected chi connectivity index (χ3v) is 6.02. The second-order valence-corrected chi connectivity index (χ2v) is 8.77. The highest BCUT2D eigenvalue weighted by molar-refractivity contribution is 7.73. The molecule has 0 spiro atoms. The number of benzene rings is 1. The molecule has 26 heavy (non-hydrogen) atoms. The van der Waals surface area contributed by atoms with Crippen LogP contribution in [-0.2, 0) is 4.79 Å². The van der Waals surface area contributed by atoms with Crippen LogP contribution in [0, 0.1) is 21.2 Å². The lowest BCUT2D eigenvalue weighted by molar-refractivity contribution is -0.115. The van der Waals surface area contributed by atoms with Gasteiger partial charge >= 0.3 is 0 Å². The van der Waals surface area contributed by atoms with Crippen molar-refractivity contribution in [1.29, 1.82) is 5.26 Å². The molecule has 1 N–H and O–H groups in total. The summed E-state index contributed by atoms with van der Waals surface area (Å²) in [5.74, 6) is 0.125. The van der Waals surface area contributed by atoms with Gasteiger partial charge in [0.05, 0.1) is 10.2 Å². The Morgan fingerprint density at radius 2 is 2.12 bits per heavy atom. The number of nitrogens with zero attached hydrogens (tertiary/aromatic N) is 2. The molecule has 0 aliphatic heterocycles. The fourth-order valence-electron chi connectivity index (χ4n) is 3.56. The number of carbonyl (C=O) groups is 1. The maximum Gasteiger partial charge on any atom is 0.268 e. The second kappa shape index (κ2) is 8.15. The first-order valence-corrected chi connectivity index (χ1v) is 10.3. The zero-order valence-corrected chi connectivity index (χ0v) is 16.8. The van der Waals surface area contributed by atoms with Gasteiger partial charge in [0.15, 0.2) is 3.95 Å². The van der Waals surface area contributed by atoms with Crippen molar-refractivity contribution in [3.8, 4) is 6.07 Å². The number of fused-ring (bicyclic) bond motifs is 1. The SMILES string of the molecule is CC(C)N(C(=O)/C(C#N)=C\C1CCCCC1)c1ccc2[nH]c(=S)sc2c1. The van der Waals surface area contributed by atoms with E-state index in [4.69, 9.17) is 12.2 Å². The Morgan fingerprint density at radius 1 is 1.38 bits per heavy atom. The minimum absolute atomic E-state index is 0.0463. The first-order chi connectivity index (χ1) is 12.5. The largest absolute Gasteiger partial charge is 0.337 e. The molecule has 1 saturated carbocycles. The topological polar surface area (TPSA) is 59.9 Å². The maximum atomic E-state index is 13.1. The first-order valence-electron chi connectivity index (χ1n) is 9.08. The van der Waals surface area contributed by atoms with Gasteiger partial charge < -0.3 is 9.88 Å². The van der Waals surface area contributed by atoms with Crippen LogP contribution in [-0.4, -0.2) is 16.9 Å². The molecule has 6 heteroatoms. The molecule has 1 heterocycles. The Labute approximate surface area is 163 Å². The zero-order chi connectivity index (χ0) is 18.7. The summed E-state index contributed by atoms with van der Waals surface area (Å²) in [6.07, 6.45) is 7.64.